The number of piperazine rings is 1. The average molecular weight is 318 g/mol. The second kappa shape index (κ2) is 9.46. The molecular formula is C12H22N4O4S. The van der Waals surface area contributed by atoms with Crippen molar-refractivity contribution < 1.29 is 19.5 Å². The SMILES string of the molecule is CSCC[C@@H](NC(=O)NCC(=O)N1CCNCC1)C(=O)O. The van der Waals surface area contributed by atoms with Crippen LogP contribution >= 0.6 is 11.8 Å². The third-order valence-corrected chi connectivity index (χ3v) is 3.73. The van der Waals surface area contributed by atoms with Crippen LogP contribution in [0.1, 0.15) is 6.42 Å². The van der Waals surface area contributed by atoms with E-state index in [-0.39, 0.29) is 12.5 Å². The molecule has 0 radical (unpaired) electrons. The molecule has 4 N–H and O–H groups in total. The van der Waals surface area contributed by atoms with E-state index in [0.717, 1.165) is 13.1 Å². The Morgan fingerprint density at radius 3 is 2.57 bits per heavy atom. The van der Waals surface area contributed by atoms with E-state index >= 15 is 0 Å². The lowest BCUT2D eigenvalue weighted by molar-refractivity contribution is -0.139. The maximum atomic E-state index is 11.8. The molecule has 0 spiro atoms. The van der Waals surface area contributed by atoms with Gasteiger partial charge in [-0.1, -0.05) is 0 Å². The van der Waals surface area contributed by atoms with Gasteiger partial charge in [-0.05, 0) is 18.4 Å². The standard InChI is InChI=1S/C12H22N4O4S/c1-21-7-2-9(11(18)19)15-12(20)14-8-10(17)16-5-3-13-4-6-16/h9,13H,2-8H2,1H3,(H,18,19)(H2,14,15,20)/t9-/m1/s1. The molecule has 1 heterocycles. The van der Waals surface area contributed by atoms with Gasteiger partial charge in [-0.2, -0.15) is 11.8 Å². The summed E-state index contributed by atoms with van der Waals surface area (Å²) in [5, 5.41) is 16.9. The summed E-state index contributed by atoms with van der Waals surface area (Å²) in [7, 11) is 0. The molecule has 1 fully saturated rings. The summed E-state index contributed by atoms with van der Waals surface area (Å²) in [5.74, 6) is -0.605. The number of nitrogens with zero attached hydrogens (tertiary/aromatic N) is 1. The van der Waals surface area contributed by atoms with Gasteiger partial charge in [-0.25, -0.2) is 9.59 Å². The highest BCUT2D eigenvalue weighted by Gasteiger charge is 2.21. The number of hydrogen-bond acceptors (Lipinski definition) is 5. The van der Waals surface area contributed by atoms with E-state index in [9.17, 15) is 14.4 Å². The third kappa shape index (κ3) is 6.67. The van der Waals surface area contributed by atoms with E-state index in [1.807, 2.05) is 6.26 Å². The van der Waals surface area contributed by atoms with Crippen LogP contribution in [0.15, 0.2) is 0 Å². The van der Waals surface area contributed by atoms with Crippen LogP contribution in [0.2, 0.25) is 0 Å². The van der Waals surface area contributed by atoms with E-state index in [4.69, 9.17) is 5.11 Å². The van der Waals surface area contributed by atoms with Gasteiger partial charge in [-0.15, -0.1) is 0 Å². The van der Waals surface area contributed by atoms with Crippen molar-refractivity contribution in [1.82, 2.24) is 20.9 Å². The second-order valence-electron chi connectivity index (χ2n) is 4.63. The summed E-state index contributed by atoms with van der Waals surface area (Å²) in [5.41, 5.74) is 0. The van der Waals surface area contributed by atoms with E-state index in [0.29, 0.717) is 25.3 Å². The summed E-state index contributed by atoms with van der Waals surface area (Å²) in [6.45, 7) is 2.60. The zero-order chi connectivity index (χ0) is 15.7. The fourth-order valence-corrected chi connectivity index (χ4v) is 2.36. The van der Waals surface area contributed by atoms with Crippen molar-refractivity contribution in [2.75, 3.05) is 44.7 Å². The number of aliphatic carboxylic acids is 1. The molecule has 1 saturated heterocycles. The van der Waals surface area contributed by atoms with Gasteiger partial charge in [0, 0.05) is 26.2 Å². The molecule has 0 bridgehead atoms. The van der Waals surface area contributed by atoms with Crippen LogP contribution in [0.25, 0.3) is 0 Å². The summed E-state index contributed by atoms with van der Waals surface area (Å²) in [4.78, 5) is 36.1. The molecule has 0 aromatic heterocycles. The van der Waals surface area contributed by atoms with E-state index in [2.05, 4.69) is 16.0 Å². The monoisotopic (exact) mass is 318 g/mol. The van der Waals surface area contributed by atoms with Crippen LogP contribution in [0.3, 0.4) is 0 Å². The van der Waals surface area contributed by atoms with Gasteiger partial charge in [0.2, 0.25) is 5.91 Å². The van der Waals surface area contributed by atoms with Crippen LogP contribution in [0.4, 0.5) is 4.79 Å². The number of carbonyl (C=O) groups is 3. The molecule has 0 saturated carbocycles. The quantitative estimate of drug-likeness (QED) is 0.475. The van der Waals surface area contributed by atoms with E-state index in [1.54, 1.807) is 4.90 Å². The first-order valence-electron chi connectivity index (χ1n) is 6.79. The fraction of sp³-hybridized carbons (Fsp3) is 0.750. The molecular weight excluding hydrogens is 296 g/mol. The Labute approximate surface area is 128 Å². The number of carboxylic acids is 1. The molecule has 1 aliphatic rings. The van der Waals surface area contributed by atoms with Gasteiger partial charge in [-0.3, -0.25) is 4.79 Å². The summed E-state index contributed by atoms with van der Waals surface area (Å²) in [6.07, 6.45) is 2.21. The number of urea groups is 1. The van der Waals surface area contributed by atoms with Crippen molar-refractivity contribution in [3.63, 3.8) is 0 Å². The molecule has 9 heteroatoms. The van der Waals surface area contributed by atoms with Crippen molar-refractivity contribution in [2.24, 2.45) is 0 Å². The Bertz CT molecular complexity index is 374. The summed E-state index contributed by atoms with van der Waals surface area (Å²) in [6, 6.07) is -1.57. The predicted molar refractivity (Wildman–Crippen MR) is 80.4 cm³/mol. The van der Waals surface area contributed by atoms with Crippen molar-refractivity contribution in [1.29, 1.82) is 0 Å². The zero-order valence-corrected chi connectivity index (χ0v) is 12.9. The Balaban J connectivity index is 2.31. The number of nitrogens with one attached hydrogen (secondary N) is 3. The van der Waals surface area contributed by atoms with Crippen LogP contribution < -0.4 is 16.0 Å². The number of carbonyl (C=O) groups excluding carboxylic acids is 2. The van der Waals surface area contributed by atoms with Crippen LogP contribution in [-0.2, 0) is 9.59 Å². The Morgan fingerprint density at radius 2 is 2.00 bits per heavy atom. The van der Waals surface area contributed by atoms with Crippen LogP contribution in [-0.4, -0.2) is 78.7 Å². The average Bonchev–Trinajstić information content (AvgIpc) is 2.49. The fourth-order valence-electron chi connectivity index (χ4n) is 1.88. The first-order chi connectivity index (χ1) is 10.0. The summed E-state index contributed by atoms with van der Waals surface area (Å²) >= 11 is 1.51. The Kier molecular flexibility index (Phi) is 7.91. The molecule has 3 amide bonds. The second-order valence-corrected chi connectivity index (χ2v) is 5.62. The lowest BCUT2D eigenvalue weighted by Crippen LogP contribution is -2.52. The van der Waals surface area contributed by atoms with Gasteiger partial charge in [0.15, 0.2) is 0 Å². The smallest absolute Gasteiger partial charge is 0.326 e. The van der Waals surface area contributed by atoms with Gasteiger partial charge in [0.1, 0.15) is 6.04 Å². The van der Waals surface area contributed by atoms with Crippen LogP contribution in [0.5, 0.6) is 0 Å². The molecule has 1 rings (SSSR count). The molecule has 1 atom stereocenters. The molecule has 0 aromatic rings. The lowest BCUT2D eigenvalue weighted by atomic mass is 10.2. The topological polar surface area (TPSA) is 111 Å². The van der Waals surface area contributed by atoms with Gasteiger partial charge in [0.25, 0.3) is 0 Å². The normalized spacial score (nSPS) is 16.1. The van der Waals surface area contributed by atoms with Crippen molar-refractivity contribution in [3.05, 3.63) is 0 Å². The predicted octanol–water partition coefficient (Wildman–Crippen LogP) is -1.08. The number of amides is 3. The largest absolute Gasteiger partial charge is 0.480 e. The molecule has 8 nitrogen and oxygen atoms in total. The highest BCUT2D eigenvalue weighted by Crippen LogP contribution is 2.01. The molecule has 120 valence electrons. The zero-order valence-electron chi connectivity index (χ0n) is 12.1. The van der Waals surface area contributed by atoms with Crippen molar-refractivity contribution >= 4 is 29.7 Å². The minimum absolute atomic E-state index is 0.124. The minimum Gasteiger partial charge on any atom is -0.480 e. The third-order valence-electron chi connectivity index (χ3n) is 3.08. The Morgan fingerprint density at radius 1 is 1.33 bits per heavy atom. The molecule has 21 heavy (non-hydrogen) atoms. The summed E-state index contributed by atoms with van der Waals surface area (Å²) < 4.78 is 0. The first kappa shape index (κ1) is 17.6. The van der Waals surface area contributed by atoms with Crippen LogP contribution in [0, 0.1) is 0 Å². The van der Waals surface area contributed by atoms with E-state index < -0.39 is 18.0 Å². The first-order valence-corrected chi connectivity index (χ1v) is 8.18. The maximum Gasteiger partial charge on any atom is 0.326 e. The van der Waals surface area contributed by atoms with Gasteiger partial charge < -0.3 is 26.0 Å². The highest BCUT2D eigenvalue weighted by atomic mass is 32.2. The van der Waals surface area contributed by atoms with Gasteiger partial charge in [0.05, 0.1) is 6.54 Å². The number of carboxylic acid groups (broad SMARTS) is 1. The number of hydrogen-bond donors (Lipinski definition) is 4. The molecule has 0 aliphatic carbocycles. The van der Waals surface area contributed by atoms with Gasteiger partial charge >= 0.3 is 12.0 Å². The van der Waals surface area contributed by atoms with Crippen molar-refractivity contribution in [3.8, 4) is 0 Å². The highest BCUT2D eigenvalue weighted by molar-refractivity contribution is 7.98. The molecule has 0 aromatic carbocycles. The molecule has 0 unspecified atom stereocenters. The minimum atomic E-state index is -1.08. The lowest BCUT2D eigenvalue weighted by Gasteiger charge is -2.27. The number of rotatable bonds is 7. The Hall–Kier alpha value is -1.48. The van der Waals surface area contributed by atoms with Crippen molar-refractivity contribution in [2.45, 2.75) is 12.5 Å². The maximum absolute atomic E-state index is 11.8. The number of thioether (sulfide) groups is 1. The molecule has 1 aliphatic heterocycles. The van der Waals surface area contributed by atoms with E-state index in [1.165, 1.54) is 11.8 Å².